The van der Waals surface area contributed by atoms with Gasteiger partial charge in [-0.25, -0.2) is 17.7 Å². The summed E-state index contributed by atoms with van der Waals surface area (Å²) in [6.07, 6.45) is 0. The topological polar surface area (TPSA) is 79.4 Å². The second-order valence-electron chi connectivity index (χ2n) is 4.68. The van der Waals surface area contributed by atoms with Gasteiger partial charge < -0.3 is 0 Å². The number of halogens is 1. The van der Waals surface area contributed by atoms with Crippen LogP contribution in [0.1, 0.15) is 16.1 Å². The van der Waals surface area contributed by atoms with E-state index in [-0.39, 0.29) is 15.5 Å². The van der Waals surface area contributed by atoms with Gasteiger partial charge in [-0.2, -0.15) is 0 Å². The molecule has 2 aromatic rings. The minimum absolute atomic E-state index is 0.0651. The second kappa shape index (κ2) is 6.33. The second-order valence-corrected chi connectivity index (χ2v) is 8.07. The maximum absolute atomic E-state index is 12.2. The number of sulfonamides is 1. The van der Waals surface area contributed by atoms with E-state index in [4.69, 9.17) is 11.6 Å². The standard InChI is InChI=1S/C13H14ClN3O3S2/c1-8-7-21-13(15-8)16-12(18)9-4-5-10(14)11(6-9)22(19,20)17(2)3/h4-7H,1-3H3,(H,15,16,18). The highest BCUT2D eigenvalue weighted by Crippen LogP contribution is 2.25. The van der Waals surface area contributed by atoms with Crippen LogP contribution in [0.25, 0.3) is 0 Å². The van der Waals surface area contributed by atoms with Crippen molar-refractivity contribution in [3.63, 3.8) is 0 Å². The molecule has 22 heavy (non-hydrogen) atoms. The van der Waals surface area contributed by atoms with E-state index in [0.717, 1.165) is 10.00 Å². The van der Waals surface area contributed by atoms with Gasteiger partial charge in [0.15, 0.2) is 5.13 Å². The molecule has 0 fully saturated rings. The summed E-state index contributed by atoms with van der Waals surface area (Å²) in [6.45, 7) is 1.82. The number of aromatic nitrogens is 1. The number of carbonyl (C=O) groups is 1. The number of nitrogens with one attached hydrogen (secondary N) is 1. The Kier molecular flexibility index (Phi) is 4.86. The van der Waals surface area contributed by atoms with E-state index in [1.165, 1.54) is 43.6 Å². The Bertz CT molecular complexity index is 816. The number of carbonyl (C=O) groups excluding carboxylic acids is 1. The molecule has 0 aliphatic rings. The SMILES string of the molecule is Cc1csc(NC(=O)c2ccc(Cl)c(S(=O)(=O)N(C)C)c2)n1. The van der Waals surface area contributed by atoms with Gasteiger partial charge in [-0.3, -0.25) is 10.1 Å². The Morgan fingerprint density at radius 1 is 1.36 bits per heavy atom. The molecule has 0 spiro atoms. The molecule has 0 aliphatic carbocycles. The van der Waals surface area contributed by atoms with Crippen LogP contribution in [-0.2, 0) is 10.0 Å². The molecule has 118 valence electrons. The minimum atomic E-state index is -3.72. The Labute approximate surface area is 137 Å². The van der Waals surface area contributed by atoms with Crippen LogP contribution in [0.3, 0.4) is 0 Å². The van der Waals surface area contributed by atoms with Crippen molar-refractivity contribution in [3.8, 4) is 0 Å². The van der Waals surface area contributed by atoms with Crippen LogP contribution >= 0.6 is 22.9 Å². The zero-order valence-electron chi connectivity index (χ0n) is 12.1. The molecule has 0 unspecified atom stereocenters. The van der Waals surface area contributed by atoms with Crippen molar-refractivity contribution < 1.29 is 13.2 Å². The van der Waals surface area contributed by atoms with Crippen molar-refractivity contribution in [2.24, 2.45) is 0 Å². The van der Waals surface area contributed by atoms with Crippen molar-refractivity contribution in [3.05, 3.63) is 39.9 Å². The first-order valence-electron chi connectivity index (χ1n) is 6.17. The molecule has 0 saturated heterocycles. The number of aryl methyl sites for hydroxylation is 1. The maximum Gasteiger partial charge on any atom is 0.257 e. The predicted molar refractivity (Wildman–Crippen MR) is 87.1 cm³/mol. The number of benzene rings is 1. The third-order valence-electron chi connectivity index (χ3n) is 2.79. The molecule has 1 heterocycles. The molecular formula is C13H14ClN3O3S2. The zero-order chi connectivity index (χ0) is 16.5. The fraction of sp³-hybridized carbons (Fsp3) is 0.231. The van der Waals surface area contributed by atoms with Gasteiger partial charge in [0.05, 0.1) is 10.7 Å². The minimum Gasteiger partial charge on any atom is -0.298 e. The summed E-state index contributed by atoms with van der Waals surface area (Å²) in [5, 5.41) is 4.95. The van der Waals surface area contributed by atoms with Gasteiger partial charge >= 0.3 is 0 Å². The predicted octanol–water partition coefficient (Wildman–Crippen LogP) is 2.61. The largest absolute Gasteiger partial charge is 0.298 e. The van der Waals surface area contributed by atoms with Crippen LogP contribution in [0.5, 0.6) is 0 Å². The summed E-state index contributed by atoms with van der Waals surface area (Å²) in [7, 11) is -0.925. The average molecular weight is 360 g/mol. The highest BCUT2D eigenvalue weighted by atomic mass is 35.5. The van der Waals surface area contributed by atoms with Gasteiger partial charge in [0.25, 0.3) is 5.91 Å². The molecule has 6 nitrogen and oxygen atoms in total. The molecular weight excluding hydrogens is 346 g/mol. The van der Waals surface area contributed by atoms with Crippen LogP contribution in [0, 0.1) is 6.92 Å². The molecule has 0 saturated carbocycles. The van der Waals surface area contributed by atoms with E-state index in [2.05, 4.69) is 10.3 Å². The number of amides is 1. The number of hydrogen-bond acceptors (Lipinski definition) is 5. The highest BCUT2D eigenvalue weighted by molar-refractivity contribution is 7.89. The molecule has 1 aromatic heterocycles. The van der Waals surface area contributed by atoms with Crippen molar-refractivity contribution in [1.29, 1.82) is 0 Å². The van der Waals surface area contributed by atoms with Crippen molar-refractivity contribution >= 4 is 44.0 Å². The molecule has 0 atom stereocenters. The van der Waals surface area contributed by atoms with Crippen LogP contribution in [0.4, 0.5) is 5.13 Å². The zero-order valence-corrected chi connectivity index (χ0v) is 14.5. The van der Waals surface area contributed by atoms with E-state index < -0.39 is 15.9 Å². The maximum atomic E-state index is 12.2. The van der Waals surface area contributed by atoms with Crippen LogP contribution in [0.15, 0.2) is 28.5 Å². The lowest BCUT2D eigenvalue weighted by Gasteiger charge is -2.13. The summed E-state index contributed by atoms with van der Waals surface area (Å²) in [4.78, 5) is 16.2. The molecule has 0 radical (unpaired) electrons. The van der Waals surface area contributed by atoms with Crippen molar-refractivity contribution in [2.75, 3.05) is 19.4 Å². The molecule has 1 amide bonds. The number of hydrogen-bond donors (Lipinski definition) is 1. The Morgan fingerprint density at radius 2 is 2.05 bits per heavy atom. The normalized spacial score (nSPS) is 11.7. The number of nitrogens with zero attached hydrogens (tertiary/aromatic N) is 2. The van der Waals surface area contributed by atoms with Crippen molar-refractivity contribution in [2.45, 2.75) is 11.8 Å². The third kappa shape index (κ3) is 3.46. The Balaban J connectivity index is 2.35. The van der Waals surface area contributed by atoms with E-state index in [0.29, 0.717) is 5.13 Å². The summed E-state index contributed by atoms with van der Waals surface area (Å²) >= 11 is 7.24. The van der Waals surface area contributed by atoms with Gasteiger partial charge in [-0.15, -0.1) is 11.3 Å². The first-order chi connectivity index (χ1) is 10.2. The molecule has 1 aromatic carbocycles. The van der Waals surface area contributed by atoms with Crippen molar-refractivity contribution in [1.82, 2.24) is 9.29 Å². The summed E-state index contributed by atoms with van der Waals surface area (Å²) in [5.74, 6) is -0.443. The lowest BCUT2D eigenvalue weighted by Crippen LogP contribution is -2.23. The molecule has 2 rings (SSSR count). The van der Waals surface area contributed by atoms with Crippen LogP contribution in [0.2, 0.25) is 5.02 Å². The molecule has 0 aliphatic heterocycles. The van der Waals surface area contributed by atoms with Gasteiger partial charge in [0, 0.05) is 25.0 Å². The lowest BCUT2D eigenvalue weighted by atomic mass is 10.2. The summed E-state index contributed by atoms with van der Waals surface area (Å²) in [5.41, 5.74) is 0.991. The first kappa shape index (κ1) is 16.9. The number of rotatable bonds is 4. The number of thiazole rings is 1. The Hall–Kier alpha value is -1.48. The van der Waals surface area contributed by atoms with E-state index in [9.17, 15) is 13.2 Å². The summed E-state index contributed by atoms with van der Waals surface area (Å²) < 4.78 is 25.4. The van der Waals surface area contributed by atoms with Gasteiger partial charge in [0.1, 0.15) is 4.90 Å². The van der Waals surface area contributed by atoms with E-state index in [1.54, 1.807) is 5.38 Å². The summed E-state index contributed by atoms with van der Waals surface area (Å²) in [6, 6.07) is 4.11. The molecule has 0 bridgehead atoms. The average Bonchev–Trinajstić information content (AvgIpc) is 2.84. The smallest absolute Gasteiger partial charge is 0.257 e. The molecule has 9 heteroatoms. The third-order valence-corrected chi connectivity index (χ3v) is 5.96. The molecule has 1 N–H and O–H groups in total. The van der Waals surface area contributed by atoms with Crippen LogP contribution in [-0.4, -0.2) is 37.7 Å². The Morgan fingerprint density at radius 3 is 2.59 bits per heavy atom. The fourth-order valence-corrected chi connectivity index (χ4v) is 3.70. The van der Waals surface area contributed by atoms with Gasteiger partial charge in [-0.1, -0.05) is 11.6 Å². The van der Waals surface area contributed by atoms with Gasteiger partial charge in [-0.05, 0) is 25.1 Å². The highest BCUT2D eigenvalue weighted by Gasteiger charge is 2.22. The fourth-order valence-electron chi connectivity index (χ4n) is 1.62. The first-order valence-corrected chi connectivity index (χ1v) is 8.87. The number of anilines is 1. The quantitative estimate of drug-likeness (QED) is 0.910. The van der Waals surface area contributed by atoms with E-state index >= 15 is 0 Å². The monoisotopic (exact) mass is 359 g/mol. The van der Waals surface area contributed by atoms with Crippen LogP contribution < -0.4 is 5.32 Å². The van der Waals surface area contributed by atoms with E-state index in [1.807, 2.05) is 6.92 Å². The lowest BCUT2D eigenvalue weighted by molar-refractivity contribution is 0.102. The van der Waals surface area contributed by atoms with Gasteiger partial charge in [0.2, 0.25) is 10.0 Å².